The molecule has 43 heavy (non-hydrogen) atoms. The average molecular weight is 681 g/mol. The topological polar surface area (TPSA) is 122 Å². The number of fused-ring (bicyclic) bond motifs is 1. The molecule has 1 aromatic heterocycles. The first-order chi connectivity index (χ1) is 20.6. The van der Waals surface area contributed by atoms with E-state index in [9.17, 15) is 19.8 Å². The van der Waals surface area contributed by atoms with Gasteiger partial charge in [-0.3, -0.25) is 14.5 Å². The molecule has 2 aliphatic rings. The van der Waals surface area contributed by atoms with Crippen molar-refractivity contribution in [3.63, 3.8) is 0 Å². The summed E-state index contributed by atoms with van der Waals surface area (Å²) in [5.74, 6) is -0.668. The molecule has 3 heterocycles. The number of hydrogen-bond acceptors (Lipinski definition) is 10. The molecule has 2 N–H and O–H groups in total. The summed E-state index contributed by atoms with van der Waals surface area (Å²) in [4.78, 5) is 28.5. The van der Waals surface area contributed by atoms with Crippen LogP contribution in [-0.4, -0.2) is 45.3 Å². The van der Waals surface area contributed by atoms with Crippen molar-refractivity contribution in [2.45, 2.75) is 42.5 Å². The predicted octanol–water partition coefficient (Wildman–Crippen LogP) is 6.57. The summed E-state index contributed by atoms with van der Waals surface area (Å²) in [7, 11) is 1.40. The van der Waals surface area contributed by atoms with Crippen LogP contribution in [0.3, 0.4) is 0 Å². The van der Waals surface area contributed by atoms with Crippen molar-refractivity contribution in [2.75, 3.05) is 12.0 Å². The number of aromatic nitrogens is 2. The van der Waals surface area contributed by atoms with Gasteiger partial charge in [0.05, 0.1) is 23.2 Å². The number of aliphatic hydroxyl groups excluding tert-OH is 1. The Kier molecular flexibility index (Phi) is 7.92. The molecule has 2 atom stereocenters. The third kappa shape index (κ3) is 5.50. The molecule has 2 aliphatic heterocycles. The van der Waals surface area contributed by atoms with Gasteiger partial charge in [0.2, 0.25) is 5.13 Å². The number of phenolic OH excluding ortho intramolecular Hbond substituents is 1. The highest BCUT2D eigenvalue weighted by molar-refractivity contribution is 9.10. The fourth-order valence-corrected chi connectivity index (χ4v) is 7.45. The van der Waals surface area contributed by atoms with Crippen molar-refractivity contribution in [3.8, 4) is 17.2 Å². The Bertz CT molecular complexity index is 1790. The van der Waals surface area contributed by atoms with Gasteiger partial charge in [0.25, 0.3) is 5.78 Å². The van der Waals surface area contributed by atoms with Gasteiger partial charge in [-0.2, -0.15) is 0 Å². The zero-order valence-corrected chi connectivity index (χ0v) is 26.5. The Labute approximate surface area is 264 Å². The summed E-state index contributed by atoms with van der Waals surface area (Å²) >= 11 is 6.00. The molecule has 220 valence electrons. The summed E-state index contributed by atoms with van der Waals surface area (Å²) in [6.07, 6.45) is 0.653. The number of Topliss-reactive ketones (excluding diaryl/α,β-unsaturated/α-hetero) is 1. The maximum Gasteiger partial charge on any atom is 0.301 e. The second-order valence-electron chi connectivity index (χ2n) is 10.3. The summed E-state index contributed by atoms with van der Waals surface area (Å²) < 4.78 is 12.1. The van der Waals surface area contributed by atoms with E-state index in [2.05, 4.69) is 26.1 Å². The van der Waals surface area contributed by atoms with E-state index in [0.717, 1.165) is 16.9 Å². The van der Waals surface area contributed by atoms with Crippen LogP contribution in [0.2, 0.25) is 0 Å². The van der Waals surface area contributed by atoms with E-state index < -0.39 is 17.7 Å². The number of ether oxygens (including phenoxy) is 2. The Morgan fingerprint density at radius 3 is 2.67 bits per heavy atom. The lowest BCUT2D eigenvalue weighted by molar-refractivity contribution is -0.132. The van der Waals surface area contributed by atoms with Gasteiger partial charge in [0, 0.05) is 17.7 Å². The second kappa shape index (κ2) is 11.7. The molecule has 6 rings (SSSR count). The Morgan fingerprint density at radius 2 is 1.93 bits per heavy atom. The van der Waals surface area contributed by atoms with E-state index >= 15 is 0 Å². The van der Waals surface area contributed by atoms with E-state index in [1.54, 1.807) is 24.3 Å². The minimum absolute atomic E-state index is 0.00439. The summed E-state index contributed by atoms with van der Waals surface area (Å²) in [6, 6.07) is 15.4. The number of nitrogens with zero attached hydrogens (tertiary/aromatic N) is 3. The molecule has 3 aromatic carbocycles. The van der Waals surface area contributed by atoms with Crippen LogP contribution in [0.5, 0.6) is 17.2 Å². The Balaban J connectivity index is 1.43. The van der Waals surface area contributed by atoms with Gasteiger partial charge in [-0.15, -0.1) is 10.2 Å². The van der Waals surface area contributed by atoms with Crippen LogP contribution in [0, 0.1) is 6.92 Å². The molecule has 0 aliphatic carbocycles. The highest BCUT2D eigenvalue weighted by atomic mass is 79.9. The number of anilines is 1. The number of aryl methyl sites for hydroxylation is 1. The molecule has 12 heteroatoms. The van der Waals surface area contributed by atoms with Gasteiger partial charge < -0.3 is 19.7 Å². The molecular formula is C31H26BrN3O6S2. The van der Waals surface area contributed by atoms with Crippen molar-refractivity contribution in [1.82, 2.24) is 10.2 Å². The van der Waals surface area contributed by atoms with Gasteiger partial charge in [0.1, 0.15) is 17.6 Å². The van der Waals surface area contributed by atoms with Crippen LogP contribution in [0.1, 0.15) is 40.8 Å². The third-order valence-electron chi connectivity index (χ3n) is 7.29. The fourth-order valence-electron chi connectivity index (χ4n) is 5.16. The number of thioether (sulfide) groups is 1. The van der Waals surface area contributed by atoms with Crippen LogP contribution in [-0.2, 0) is 21.8 Å². The first kappa shape index (κ1) is 29.2. The molecule has 2 unspecified atom stereocenters. The lowest BCUT2D eigenvalue weighted by Crippen LogP contribution is -2.29. The second-order valence-corrected chi connectivity index (χ2v) is 13.3. The van der Waals surface area contributed by atoms with Crippen LogP contribution in [0.4, 0.5) is 5.13 Å². The molecule has 1 saturated heterocycles. The van der Waals surface area contributed by atoms with E-state index in [-0.39, 0.29) is 34.1 Å². The SMILES string of the molecule is COc1cc(C2/C(=C(\O)c3ccc4c(c3)CC(C)O4)C(=O)C(=O)N2c2nnc(SCc3ccc(C)cc3)s2)cc(Br)c1O. The third-order valence-corrected chi connectivity index (χ3v) is 10.0. The molecule has 0 spiro atoms. The molecule has 4 aromatic rings. The number of rotatable bonds is 7. The number of carbonyl (C=O) groups is 2. The summed E-state index contributed by atoms with van der Waals surface area (Å²) in [6.45, 7) is 3.98. The summed E-state index contributed by atoms with van der Waals surface area (Å²) in [5.41, 5.74) is 3.88. The first-order valence-electron chi connectivity index (χ1n) is 13.3. The largest absolute Gasteiger partial charge is 0.507 e. The van der Waals surface area contributed by atoms with Gasteiger partial charge in [-0.1, -0.05) is 52.9 Å². The number of aromatic hydroxyl groups is 1. The minimum atomic E-state index is -1.07. The normalized spacial score (nSPS) is 19.0. The molecule has 1 fully saturated rings. The first-order valence-corrected chi connectivity index (χ1v) is 15.9. The van der Waals surface area contributed by atoms with Crippen LogP contribution < -0.4 is 14.4 Å². The maximum atomic E-state index is 13.6. The lowest BCUT2D eigenvalue weighted by atomic mass is 9.94. The van der Waals surface area contributed by atoms with E-state index in [4.69, 9.17) is 9.47 Å². The number of methoxy groups -OCH3 is 1. The zero-order chi connectivity index (χ0) is 30.4. The van der Waals surface area contributed by atoms with Crippen molar-refractivity contribution in [3.05, 3.63) is 92.5 Å². The maximum absolute atomic E-state index is 13.6. The van der Waals surface area contributed by atoms with Crippen LogP contribution in [0.25, 0.3) is 5.76 Å². The predicted molar refractivity (Wildman–Crippen MR) is 168 cm³/mol. The highest BCUT2D eigenvalue weighted by Crippen LogP contribution is 2.47. The van der Waals surface area contributed by atoms with Crippen LogP contribution >= 0.6 is 39.0 Å². The standard InChI is InChI=1S/C31H26BrN3O6S2/c1-15-4-6-17(7-5-15)14-42-31-34-33-30(43-31)35-25(20-12-21(32)27(37)23(13-20)40-3)24(28(38)29(35)39)26(36)18-8-9-22-19(11-18)10-16(2)41-22/h4-9,11-13,16,25,36-37H,10,14H2,1-3H3/b26-24+. The Hall–Kier alpha value is -3.87. The monoisotopic (exact) mass is 679 g/mol. The molecule has 0 saturated carbocycles. The fraction of sp³-hybridized carbons (Fsp3) is 0.226. The molecule has 1 amide bonds. The number of phenols is 1. The number of amides is 1. The molecule has 9 nitrogen and oxygen atoms in total. The van der Waals surface area contributed by atoms with E-state index in [1.807, 2.05) is 38.1 Å². The van der Waals surface area contributed by atoms with E-state index in [1.165, 1.54) is 46.7 Å². The number of hydrogen-bond donors (Lipinski definition) is 2. The van der Waals surface area contributed by atoms with Crippen molar-refractivity contribution < 1.29 is 29.3 Å². The lowest BCUT2D eigenvalue weighted by Gasteiger charge is -2.23. The highest BCUT2D eigenvalue weighted by Gasteiger charge is 2.49. The van der Waals surface area contributed by atoms with Crippen molar-refractivity contribution in [2.24, 2.45) is 0 Å². The number of benzene rings is 3. The van der Waals surface area contributed by atoms with E-state index in [0.29, 0.717) is 32.1 Å². The zero-order valence-electron chi connectivity index (χ0n) is 23.3. The van der Waals surface area contributed by atoms with Crippen LogP contribution in [0.15, 0.2) is 69.0 Å². The van der Waals surface area contributed by atoms with Gasteiger partial charge in [-0.05, 0) is 76.8 Å². The smallest absolute Gasteiger partial charge is 0.301 e. The molecular weight excluding hydrogens is 654 g/mol. The van der Waals surface area contributed by atoms with Crippen molar-refractivity contribution >= 4 is 61.6 Å². The molecule has 0 bridgehead atoms. The quantitative estimate of drug-likeness (QED) is 0.0735. The summed E-state index contributed by atoms with van der Waals surface area (Å²) in [5, 5.41) is 30.8. The van der Waals surface area contributed by atoms with Crippen molar-refractivity contribution in [1.29, 1.82) is 0 Å². The number of aliphatic hydroxyl groups is 1. The average Bonchev–Trinajstić information content (AvgIpc) is 3.68. The number of ketones is 1. The van der Waals surface area contributed by atoms with Gasteiger partial charge in [-0.25, -0.2) is 0 Å². The molecule has 0 radical (unpaired) electrons. The number of halogens is 1. The van der Waals surface area contributed by atoms with Gasteiger partial charge >= 0.3 is 5.91 Å². The Morgan fingerprint density at radius 1 is 1.16 bits per heavy atom. The minimum Gasteiger partial charge on any atom is -0.507 e. The van der Waals surface area contributed by atoms with Gasteiger partial charge in [0.15, 0.2) is 15.8 Å². The number of carbonyl (C=O) groups excluding carboxylic acids is 2.